The molecule has 1 atom stereocenters. The molecular weight excluding hydrogens is 323 g/mol. The summed E-state index contributed by atoms with van der Waals surface area (Å²) in [5.41, 5.74) is 2.42. The van der Waals surface area contributed by atoms with Crippen LogP contribution in [0.5, 0.6) is 11.5 Å². The monoisotopic (exact) mass is 342 g/mol. The minimum absolute atomic E-state index is 0.167. The fraction of sp³-hybridized carbons (Fsp3) is 0.263. The summed E-state index contributed by atoms with van der Waals surface area (Å²) < 4.78 is 23.8. The molecule has 0 fully saturated rings. The predicted molar refractivity (Wildman–Crippen MR) is 92.4 cm³/mol. The highest BCUT2D eigenvalue weighted by molar-refractivity contribution is 6.03. The molecule has 0 bridgehead atoms. The Kier molecular flexibility index (Phi) is 4.70. The average molecular weight is 342 g/mol. The second kappa shape index (κ2) is 6.93. The number of benzene rings is 2. The van der Waals surface area contributed by atoms with E-state index in [1.54, 1.807) is 32.4 Å². The zero-order valence-electron chi connectivity index (χ0n) is 14.3. The van der Waals surface area contributed by atoms with Gasteiger partial charge in [-0.15, -0.1) is 0 Å². The Morgan fingerprint density at radius 3 is 2.24 bits per heavy atom. The van der Waals surface area contributed by atoms with Gasteiger partial charge in [-0.1, -0.05) is 12.1 Å². The number of hydrogen-bond acceptors (Lipinski definition) is 4. The first-order valence-corrected chi connectivity index (χ1v) is 7.88. The van der Waals surface area contributed by atoms with Gasteiger partial charge >= 0.3 is 0 Å². The first-order valence-electron chi connectivity index (χ1n) is 7.88. The lowest BCUT2D eigenvalue weighted by Gasteiger charge is -2.20. The molecule has 2 aromatic rings. The summed E-state index contributed by atoms with van der Waals surface area (Å²) >= 11 is 0. The summed E-state index contributed by atoms with van der Waals surface area (Å²) in [6, 6.07) is 11.4. The molecule has 3 rings (SSSR count). The molecule has 0 spiro atoms. The SMILES string of the molecule is COc1cc(OC)cc(C2=NN(C(C)=O)[C@H](c3ccc(F)cc3)C2)c1. The average Bonchev–Trinajstić information content (AvgIpc) is 3.07. The van der Waals surface area contributed by atoms with Crippen LogP contribution in [0.25, 0.3) is 0 Å². The van der Waals surface area contributed by atoms with Crippen molar-refractivity contribution in [3.63, 3.8) is 0 Å². The van der Waals surface area contributed by atoms with E-state index in [0.29, 0.717) is 17.9 Å². The summed E-state index contributed by atoms with van der Waals surface area (Å²) in [6.45, 7) is 1.47. The van der Waals surface area contributed by atoms with Crippen molar-refractivity contribution < 1.29 is 18.7 Å². The number of carbonyl (C=O) groups excluding carboxylic acids is 1. The Hall–Kier alpha value is -2.89. The van der Waals surface area contributed by atoms with Crippen LogP contribution in [0.4, 0.5) is 4.39 Å². The van der Waals surface area contributed by atoms with Gasteiger partial charge in [0.15, 0.2) is 0 Å². The van der Waals surface area contributed by atoms with Gasteiger partial charge in [-0.05, 0) is 29.8 Å². The van der Waals surface area contributed by atoms with Gasteiger partial charge in [0.1, 0.15) is 17.3 Å². The van der Waals surface area contributed by atoms with Crippen LogP contribution in [0.1, 0.15) is 30.5 Å². The molecule has 0 aromatic heterocycles. The smallest absolute Gasteiger partial charge is 0.240 e. The number of halogens is 1. The molecule has 1 aliphatic rings. The minimum Gasteiger partial charge on any atom is -0.497 e. The van der Waals surface area contributed by atoms with E-state index in [2.05, 4.69) is 5.10 Å². The van der Waals surface area contributed by atoms with E-state index >= 15 is 0 Å². The molecule has 5 nitrogen and oxygen atoms in total. The van der Waals surface area contributed by atoms with Gasteiger partial charge in [0.2, 0.25) is 5.91 Å². The minimum atomic E-state index is -0.310. The van der Waals surface area contributed by atoms with Crippen LogP contribution in [0.3, 0.4) is 0 Å². The third kappa shape index (κ3) is 3.47. The highest BCUT2D eigenvalue weighted by Gasteiger charge is 2.31. The van der Waals surface area contributed by atoms with Crippen LogP contribution in [-0.2, 0) is 4.79 Å². The highest BCUT2D eigenvalue weighted by Crippen LogP contribution is 2.34. The van der Waals surface area contributed by atoms with Gasteiger partial charge in [-0.3, -0.25) is 4.79 Å². The number of hydrogen-bond donors (Lipinski definition) is 0. The maximum atomic E-state index is 13.2. The second-order valence-corrected chi connectivity index (χ2v) is 5.78. The number of amides is 1. The van der Waals surface area contributed by atoms with E-state index in [0.717, 1.165) is 16.8 Å². The van der Waals surface area contributed by atoms with Crippen LogP contribution in [0.15, 0.2) is 47.6 Å². The maximum Gasteiger partial charge on any atom is 0.240 e. The van der Waals surface area contributed by atoms with Gasteiger partial charge in [0, 0.05) is 25.0 Å². The van der Waals surface area contributed by atoms with Crippen molar-refractivity contribution in [2.24, 2.45) is 5.10 Å². The first-order chi connectivity index (χ1) is 12.0. The summed E-state index contributed by atoms with van der Waals surface area (Å²) in [4.78, 5) is 12.0. The number of carbonyl (C=O) groups is 1. The quantitative estimate of drug-likeness (QED) is 0.854. The topological polar surface area (TPSA) is 51.1 Å². The lowest BCUT2D eigenvalue weighted by molar-refractivity contribution is -0.130. The van der Waals surface area contributed by atoms with Gasteiger partial charge in [-0.2, -0.15) is 5.10 Å². The molecule has 25 heavy (non-hydrogen) atoms. The fourth-order valence-electron chi connectivity index (χ4n) is 2.89. The Morgan fingerprint density at radius 1 is 1.12 bits per heavy atom. The molecule has 1 heterocycles. The Bertz CT molecular complexity index is 796. The van der Waals surface area contributed by atoms with Crippen molar-refractivity contribution in [2.75, 3.05) is 14.2 Å². The van der Waals surface area contributed by atoms with Crippen LogP contribution in [-0.4, -0.2) is 30.8 Å². The molecule has 2 aromatic carbocycles. The van der Waals surface area contributed by atoms with Crippen molar-refractivity contribution >= 4 is 11.6 Å². The molecule has 6 heteroatoms. The second-order valence-electron chi connectivity index (χ2n) is 5.78. The fourth-order valence-corrected chi connectivity index (χ4v) is 2.89. The number of methoxy groups -OCH3 is 2. The van der Waals surface area contributed by atoms with Crippen molar-refractivity contribution in [1.82, 2.24) is 5.01 Å². The lowest BCUT2D eigenvalue weighted by atomic mass is 9.98. The lowest BCUT2D eigenvalue weighted by Crippen LogP contribution is -2.24. The van der Waals surface area contributed by atoms with Crippen molar-refractivity contribution in [1.29, 1.82) is 0 Å². The van der Waals surface area contributed by atoms with E-state index < -0.39 is 0 Å². The molecule has 0 saturated carbocycles. The molecule has 0 aliphatic carbocycles. The summed E-state index contributed by atoms with van der Waals surface area (Å²) in [5, 5.41) is 5.92. The van der Waals surface area contributed by atoms with Gasteiger partial charge in [0.25, 0.3) is 0 Å². The van der Waals surface area contributed by atoms with Crippen LogP contribution < -0.4 is 9.47 Å². The summed E-state index contributed by atoms with van der Waals surface area (Å²) in [7, 11) is 3.16. The molecule has 0 N–H and O–H groups in total. The Balaban J connectivity index is 1.97. The van der Waals surface area contributed by atoms with E-state index in [4.69, 9.17) is 9.47 Å². The van der Waals surface area contributed by atoms with Crippen LogP contribution in [0.2, 0.25) is 0 Å². The van der Waals surface area contributed by atoms with Crippen LogP contribution in [0, 0.1) is 5.82 Å². The standard InChI is InChI=1S/C19H19FN2O3/c1-12(23)22-19(13-4-6-15(20)7-5-13)11-18(21-22)14-8-16(24-2)10-17(9-14)25-3/h4-10,19H,11H2,1-3H3/t19-/m0/s1. The highest BCUT2D eigenvalue weighted by atomic mass is 19.1. The number of rotatable bonds is 4. The van der Waals surface area contributed by atoms with Crippen molar-refractivity contribution in [2.45, 2.75) is 19.4 Å². The first kappa shape index (κ1) is 17.0. The normalized spacial score (nSPS) is 16.6. The van der Waals surface area contributed by atoms with Crippen molar-refractivity contribution in [3.05, 3.63) is 59.4 Å². The molecule has 0 unspecified atom stereocenters. The molecule has 0 radical (unpaired) electrons. The summed E-state index contributed by atoms with van der Waals surface area (Å²) in [6.07, 6.45) is 0.529. The number of ether oxygens (including phenoxy) is 2. The zero-order chi connectivity index (χ0) is 18.0. The van der Waals surface area contributed by atoms with Gasteiger partial charge in [0.05, 0.1) is 26.0 Å². The van der Waals surface area contributed by atoms with Gasteiger partial charge < -0.3 is 9.47 Å². The summed E-state index contributed by atoms with van der Waals surface area (Å²) in [5.74, 6) is 0.822. The Morgan fingerprint density at radius 2 is 1.72 bits per heavy atom. The van der Waals surface area contributed by atoms with E-state index in [1.807, 2.05) is 12.1 Å². The number of nitrogens with zero attached hydrogens (tertiary/aromatic N) is 2. The molecular formula is C19H19FN2O3. The molecule has 130 valence electrons. The van der Waals surface area contributed by atoms with E-state index in [-0.39, 0.29) is 17.8 Å². The third-order valence-electron chi connectivity index (χ3n) is 4.17. The van der Waals surface area contributed by atoms with Crippen LogP contribution >= 0.6 is 0 Å². The van der Waals surface area contributed by atoms with E-state index in [1.165, 1.54) is 24.1 Å². The number of hydrazone groups is 1. The largest absolute Gasteiger partial charge is 0.497 e. The Labute approximate surface area is 145 Å². The molecule has 1 aliphatic heterocycles. The van der Waals surface area contributed by atoms with Gasteiger partial charge in [-0.25, -0.2) is 9.40 Å². The zero-order valence-corrected chi connectivity index (χ0v) is 14.3. The van der Waals surface area contributed by atoms with E-state index in [9.17, 15) is 9.18 Å². The third-order valence-corrected chi connectivity index (χ3v) is 4.17. The molecule has 1 amide bonds. The molecule has 0 saturated heterocycles. The predicted octanol–water partition coefficient (Wildman–Crippen LogP) is 3.54. The van der Waals surface area contributed by atoms with Crippen molar-refractivity contribution in [3.8, 4) is 11.5 Å². The maximum absolute atomic E-state index is 13.2.